The highest BCUT2D eigenvalue weighted by Gasteiger charge is 2.25. The summed E-state index contributed by atoms with van der Waals surface area (Å²) >= 11 is 1.50. The smallest absolute Gasteiger partial charge is 0.233 e. The summed E-state index contributed by atoms with van der Waals surface area (Å²) in [4.78, 5) is 12.2. The summed E-state index contributed by atoms with van der Waals surface area (Å²) in [5.41, 5.74) is 0.909. The fourth-order valence-corrected chi connectivity index (χ4v) is 4.00. The quantitative estimate of drug-likeness (QED) is 0.901. The van der Waals surface area contributed by atoms with Crippen LogP contribution in [0.4, 0.5) is 0 Å². The van der Waals surface area contributed by atoms with E-state index in [1.807, 2.05) is 28.8 Å². The molecule has 1 aliphatic rings. The maximum Gasteiger partial charge on any atom is 0.233 e. The zero-order valence-electron chi connectivity index (χ0n) is 14.0. The monoisotopic (exact) mass is 346 g/mol. The number of benzene rings is 1. The van der Waals surface area contributed by atoms with Crippen LogP contribution in [0.2, 0.25) is 0 Å². The molecule has 0 aliphatic carbocycles. The number of amides is 1. The third-order valence-corrected chi connectivity index (χ3v) is 5.36. The molecule has 1 aromatic carbocycles. The van der Waals surface area contributed by atoms with Crippen LogP contribution >= 0.6 is 11.8 Å². The number of aromatic nitrogens is 3. The van der Waals surface area contributed by atoms with Crippen molar-refractivity contribution in [2.75, 3.05) is 13.7 Å². The first kappa shape index (κ1) is 16.8. The van der Waals surface area contributed by atoms with Crippen molar-refractivity contribution in [1.82, 2.24) is 20.1 Å². The second-order valence-electron chi connectivity index (χ2n) is 5.64. The topological polar surface area (TPSA) is 69.0 Å². The fraction of sp³-hybridized carbons (Fsp3) is 0.471. The zero-order valence-corrected chi connectivity index (χ0v) is 14.8. The van der Waals surface area contributed by atoms with Gasteiger partial charge in [-0.15, -0.1) is 10.2 Å². The Kier molecular flexibility index (Phi) is 5.40. The normalized spacial score (nSPS) is 18.1. The van der Waals surface area contributed by atoms with Gasteiger partial charge in [0.25, 0.3) is 0 Å². The first-order chi connectivity index (χ1) is 11.7. The van der Waals surface area contributed by atoms with E-state index in [-0.39, 0.29) is 11.2 Å². The average molecular weight is 346 g/mol. The van der Waals surface area contributed by atoms with Crippen molar-refractivity contribution in [2.24, 2.45) is 0 Å². The van der Waals surface area contributed by atoms with E-state index in [2.05, 4.69) is 22.4 Å². The van der Waals surface area contributed by atoms with Crippen molar-refractivity contribution in [3.8, 4) is 17.1 Å². The van der Waals surface area contributed by atoms with Gasteiger partial charge in [-0.3, -0.25) is 4.79 Å². The Hall–Kier alpha value is -2.02. The number of thioether (sulfide) groups is 1. The van der Waals surface area contributed by atoms with Crippen LogP contribution in [0, 0.1) is 0 Å². The Balaban J connectivity index is 1.91. The minimum atomic E-state index is -0.104. The molecule has 1 N–H and O–H groups in total. The maximum atomic E-state index is 12.2. The summed E-state index contributed by atoms with van der Waals surface area (Å²) in [6, 6.07) is 7.77. The number of hydrogen-bond donors (Lipinski definition) is 1. The number of ether oxygens (including phenoxy) is 1. The number of para-hydroxylation sites is 1. The first-order valence-corrected chi connectivity index (χ1v) is 9.13. The number of nitrogens with one attached hydrogen (secondary N) is 1. The summed E-state index contributed by atoms with van der Waals surface area (Å²) in [6.07, 6.45) is 2.96. The zero-order chi connectivity index (χ0) is 16.9. The highest BCUT2D eigenvalue weighted by molar-refractivity contribution is 8.00. The molecule has 3 rings (SSSR count). The lowest BCUT2D eigenvalue weighted by Gasteiger charge is -2.14. The van der Waals surface area contributed by atoms with E-state index in [9.17, 15) is 4.79 Å². The van der Waals surface area contributed by atoms with Gasteiger partial charge in [-0.25, -0.2) is 0 Å². The van der Waals surface area contributed by atoms with E-state index in [1.54, 1.807) is 7.11 Å². The minimum Gasteiger partial charge on any atom is -0.496 e. The van der Waals surface area contributed by atoms with Gasteiger partial charge in [0, 0.05) is 13.1 Å². The number of hydrogen-bond acceptors (Lipinski definition) is 5. The standard InChI is InChI=1S/C17H22N4O2S/c1-3-21-15(12-8-4-5-9-13(12)23-2)19-20-17(21)24-14-10-6-7-11-18-16(14)22/h4-5,8-9,14H,3,6-7,10-11H2,1-2H3,(H,18,22)/t14-/m0/s1. The summed E-state index contributed by atoms with van der Waals surface area (Å²) in [5.74, 6) is 1.64. The molecular formula is C17H22N4O2S. The molecule has 1 amide bonds. The van der Waals surface area contributed by atoms with Crippen LogP contribution in [-0.4, -0.2) is 39.6 Å². The van der Waals surface area contributed by atoms with Gasteiger partial charge in [-0.1, -0.05) is 30.3 Å². The Morgan fingerprint density at radius 1 is 1.33 bits per heavy atom. The SMILES string of the molecule is CCn1c(S[C@H]2CCCCNC2=O)nnc1-c1ccccc1OC. The van der Waals surface area contributed by atoms with Crippen molar-refractivity contribution >= 4 is 17.7 Å². The molecule has 1 aliphatic heterocycles. The molecule has 2 heterocycles. The molecule has 0 unspecified atom stereocenters. The van der Waals surface area contributed by atoms with Crippen LogP contribution in [0.3, 0.4) is 0 Å². The van der Waals surface area contributed by atoms with Crippen molar-refractivity contribution in [3.63, 3.8) is 0 Å². The van der Waals surface area contributed by atoms with Gasteiger partial charge in [0.05, 0.1) is 17.9 Å². The third-order valence-electron chi connectivity index (χ3n) is 4.11. The number of rotatable bonds is 5. The maximum absolute atomic E-state index is 12.2. The Morgan fingerprint density at radius 2 is 2.17 bits per heavy atom. The van der Waals surface area contributed by atoms with E-state index < -0.39 is 0 Å². The lowest BCUT2D eigenvalue weighted by molar-refractivity contribution is -0.120. The van der Waals surface area contributed by atoms with Crippen molar-refractivity contribution in [3.05, 3.63) is 24.3 Å². The van der Waals surface area contributed by atoms with Gasteiger partial charge < -0.3 is 14.6 Å². The number of methoxy groups -OCH3 is 1. The highest BCUT2D eigenvalue weighted by Crippen LogP contribution is 2.33. The summed E-state index contributed by atoms with van der Waals surface area (Å²) in [6.45, 7) is 3.55. The molecule has 0 spiro atoms. The number of carbonyl (C=O) groups excluding carboxylic acids is 1. The van der Waals surface area contributed by atoms with Gasteiger partial charge in [-0.2, -0.15) is 0 Å². The molecule has 1 saturated heterocycles. The van der Waals surface area contributed by atoms with E-state index in [0.29, 0.717) is 0 Å². The molecule has 0 bridgehead atoms. The molecule has 7 heteroatoms. The van der Waals surface area contributed by atoms with E-state index >= 15 is 0 Å². The van der Waals surface area contributed by atoms with Gasteiger partial charge in [0.2, 0.25) is 5.91 Å². The van der Waals surface area contributed by atoms with Crippen LogP contribution in [0.5, 0.6) is 5.75 Å². The molecule has 128 valence electrons. The third kappa shape index (κ3) is 3.40. The van der Waals surface area contributed by atoms with Gasteiger partial charge in [-0.05, 0) is 31.9 Å². The molecule has 1 aromatic heterocycles. The molecule has 0 saturated carbocycles. The number of carbonyl (C=O) groups is 1. The predicted molar refractivity (Wildman–Crippen MR) is 94.2 cm³/mol. The van der Waals surface area contributed by atoms with Crippen LogP contribution in [-0.2, 0) is 11.3 Å². The molecule has 2 aromatic rings. The van der Waals surface area contributed by atoms with Gasteiger partial charge >= 0.3 is 0 Å². The van der Waals surface area contributed by atoms with Crippen molar-refractivity contribution < 1.29 is 9.53 Å². The summed E-state index contributed by atoms with van der Waals surface area (Å²) in [5, 5.41) is 12.3. The Labute approximate surface area is 146 Å². The minimum absolute atomic E-state index is 0.0991. The fourth-order valence-electron chi connectivity index (χ4n) is 2.84. The molecular weight excluding hydrogens is 324 g/mol. The van der Waals surface area contributed by atoms with Gasteiger partial charge in [0.1, 0.15) is 5.75 Å². The lowest BCUT2D eigenvalue weighted by atomic mass is 10.2. The second kappa shape index (κ2) is 7.70. The highest BCUT2D eigenvalue weighted by atomic mass is 32.2. The van der Waals surface area contributed by atoms with E-state index in [1.165, 1.54) is 11.8 Å². The van der Waals surface area contributed by atoms with Crippen molar-refractivity contribution in [1.29, 1.82) is 0 Å². The molecule has 6 nitrogen and oxygen atoms in total. The largest absolute Gasteiger partial charge is 0.496 e. The lowest BCUT2D eigenvalue weighted by Crippen LogP contribution is -2.30. The molecule has 1 fully saturated rings. The Bertz CT molecular complexity index is 716. The average Bonchev–Trinajstić information content (AvgIpc) is 2.91. The van der Waals surface area contributed by atoms with E-state index in [4.69, 9.17) is 4.74 Å². The van der Waals surface area contributed by atoms with E-state index in [0.717, 1.165) is 54.6 Å². The number of nitrogens with zero attached hydrogens (tertiary/aromatic N) is 3. The molecule has 1 atom stereocenters. The first-order valence-electron chi connectivity index (χ1n) is 8.25. The Morgan fingerprint density at radius 3 is 2.96 bits per heavy atom. The second-order valence-corrected chi connectivity index (χ2v) is 6.81. The molecule has 24 heavy (non-hydrogen) atoms. The van der Waals surface area contributed by atoms with Crippen molar-refractivity contribution in [2.45, 2.75) is 43.1 Å². The summed E-state index contributed by atoms with van der Waals surface area (Å²) < 4.78 is 7.48. The molecule has 0 radical (unpaired) electrons. The van der Waals surface area contributed by atoms with Crippen LogP contribution in [0.15, 0.2) is 29.4 Å². The van der Waals surface area contributed by atoms with Gasteiger partial charge in [0.15, 0.2) is 11.0 Å². The van der Waals surface area contributed by atoms with Crippen LogP contribution in [0.25, 0.3) is 11.4 Å². The van der Waals surface area contributed by atoms with Crippen LogP contribution in [0.1, 0.15) is 26.2 Å². The summed E-state index contributed by atoms with van der Waals surface area (Å²) in [7, 11) is 1.65. The van der Waals surface area contributed by atoms with Crippen LogP contribution < -0.4 is 10.1 Å². The predicted octanol–water partition coefficient (Wildman–Crippen LogP) is 2.73.